The Hall–Kier alpha value is -4.38. The molecule has 5 heteroatoms. The third-order valence-electron chi connectivity index (χ3n) is 5.50. The third kappa shape index (κ3) is 3.03. The van der Waals surface area contributed by atoms with Crippen molar-refractivity contribution in [2.24, 2.45) is 0 Å². The number of benzene rings is 3. The van der Waals surface area contributed by atoms with Gasteiger partial charge in [-0.25, -0.2) is 4.79 Å². The minimum atomic E-state index is -0.562. The molecule has 1 aliphatic carbocycles. The van der Waals surface area contributed by atoms with Crippen LogP contribution >= 0.6 is 0 Å². The van der Waals surface area contributed by atoms with Gasteiger partial charge in [0.15, 0.2) is 11.5 Å². The lowest BCUT2D eigenvalue weighted by molar-refractivity contribution is -0.131. The molecule has 5 rings (SSSR count). The summed E-state index contributed by atoms with van der Waals surface area (Å²) in [6, 6.07) is 24.7. The second-order valence-electron chi connectivity index (χ2n) is 7.36. The molecule has 0 saturated heterocycles. The average molecular weight is 422 g/mol. The largest absolute Gasteiger partial charge is 0.508 e. The van der Waals surface area contributed by atoms with E-state index in [1.807, 2.05) is 48.5 Å². The van der Waals surface area contributed by atoms with E-state index in [9.17, 15) is 14.7 Å². The van der Waals surface area contributed by atoms with E-state index in [4.69, 9.17) is 9.47 Å². The zero-order valence-corrected chi connectivity index (χ0v) is 17.2. The molecule has 3 aromatic carbocycles. The van der Waals surface area contributed by atoms with E-state index >= 15 is 0 Å². The number of phenolic OH excluding ortho intramolecular Hbond substituents is 1. The molecule has 0 radical (unpaired) electrons. The summed E-state index contributed by atoms with van der Waals surface area (Å²) in [5.41, 5.74) is 3.53. The Morgan fingerprint density at radius 2 is 1.19 bits per heavy atom. The van der Waals surface area contributed by atoms with Crippen LogP contribution in [0.4, 0.5) is 0 Å². The van der Waals surface area contributed by atoms with Gasteiger partial charge in [-0.2, -0.15) is 0 Å². The van der Waals surface area contributed by atoms with Gasteiger partial charge in [-0.05, 0) is 28.8 Å². The summed E-state index contributed by atoms with van der Waals surface area (Å²) in [6.45, 7) is 0. The number of fused-ring (bicyclic) bond motifs is 1. The number of hydrogen-bond acceptors (Lipinski definition) is 5. The Morgan fingerprint density at radius 1 is 0.656 bits per heavy atom. The second-order valence-corrected chi connectivity index (χ2v) is 7.36. The van der Waals surface area contributed by atoms with E-state index in [0.717, 1.165) is 5.56 Å². The zero-order chi connectivity index (χ0) is 22.2. The van der Waals surface area contributed by atoms with Crippen LogP contribution in [0.15, 0.2) is 102 Å². The van der Waals surface area contributed by atoms with Crippen molar-refractivity contribution in [3.05, 3.63) is 119 Å². The number of ketones is 1. The number of hydrogen-bond donors (Lipinski definition) is 1. The SMILES string of the molecule is COC1=C(c2ccccc2)C2=C(c3ccc(O)cc3)C(=O)OC2=C(c2ccccc2)C1=O. The summed E-state index contributed by atoms with van der Waals surface area (Å²) in [7, 11) is 1.45. The van der Waals surface area contributed by atoms with Crippen LogP contribution in [0.2, 0.25) is 0 Å². The predicted molar refractivity (Wildman–Crippen MR) is 120 cm³/mol. The smallest absolute Gasteiger partial charge is 0.344 e. The standard InChI is InChI=1S/C27H18O5/c1-31-26-20(16-8-4-2-5-9-16)23-21(18-12-14-19(28)15-13-18)27(30)32-25(23)22(24(26)29)17-10-6-3-7-11-17/h2-15,28H,1H3. The summed E-state index contributed by atoms with van der Waals surface area (Å²) in [5, 5.41) is 9.72. The zero-order valence-electron chi connectivity index (χ0n) is 17.2. The van der Waals surface area contributed by atoms with Crippen LogP contribution < -0.4 is 0 Å². The Labute approximate surface area is 184 Å². The van der Waals surface area contributed by atoms with Crippen LogP contribution in [-0.2, 0) is 19.1 Å². The van der Waals surface area contributed by atoms with Crippen molar-refractivity contribution in [2.75, 3.05) is 7.11 Å². The first-order valence-corrected chi connectivity index (χ1v) is 10.0. The number of esters is 1. The number of carbonyl (C=O) groups is 2. The Kier molecular flexibility index (Phi) is 4.71. The number of ether oxygens (including phenoxy) is 2. The molecule has 0 unspecified atom stereocenters. The topological polar surface area (TPSA) is 72.8 Å². The van der Waals surface area contributed by atoms with Crippen LogP contribution in [0, 0.1) is 0 Å². The van der Waals surface area contributed by atoms with Crippen molar-refractivity contribution in [3.8, 4) is 5.75 Å². The average Bonchev–Trinajstić information content (AvgIpc) is 3.16. The molecule has 1 aliphatic heterocycles. The Balaban J connectivity index is 1.88. The fourth-order valence-corrected chi connectivity index (χ4v) is 4.10. The van der Waals surface area contributed by atoms with Gasteiger partial charge in [-0.15, -0.1) is 0 Å². The second kappa shape index (κ2) is 7.71. The number of allylic oxidation sites excluding steroid dienone is 2. The molecule has 0 bridgehead atoms. The van der Waals surface area contributed by atoms with Gasteiger partial charge in [0.25, 0.3) is 0 Å². The lowest BCUT2D eigenvalue weighted by Gasteiger charge is -2.23. The minimum absolute atomic E-state index is 0.0849. The number of phenols is 1. The first kappa shape index (κ1) is 19.6. The van der Waals surface area contributed by atoms with Crippen molar-refractivity contribution in [1.29, 1.82) is 0 Å². The van der Waals surface area contributed by atoms with Gasteiger partial charge in [0.2, 0.25) is 5.78 Å². The summed E-state index contributed by atoms with van der Waals surface area (Å²) >= 11 is 0. The molecule has 5 nitrogen and oxygen atoms in total. The van der Waals surface area contributed by atoms with E-state index in [-0.39, 0.29) is 28.6 Å². The monoisotopic (exact) mass is 422 g/mol. The van der Waals surface area contributed by atoms with Crippen LogP contribution in [0.1, 0.15) is 16.7 Å². The fourth-order valence-electron chi connectivity index (χ4n) is 4.10. The quantitative estimate of drug-likeness (QED) is 0.614. The van der Waals surface area contributed by atoms with E-state index in [0.29, 0.717) is 27.8 Å². The van der Waals surface area contributed by atoms with Crippen molar-refractivity contribution >= 4 is 28.5 Å². The Bertz CT molecular complexity index is 1330. The highest BCUT2D eigenvalue weighted by atomic mass is 16.5. The normalized spacial score (nSPS) is 15.8. The maximum absolute atomic E-state index is 13.6. The molecular weight excluding hydrogens is 404 g/mol. The molecule has 0 spiro atoms. The van der Waals surface area contributed by atoms with E-state index in [1.54, 1.807) is 24.3 Å². The van der Waals surface area contributed by atoms with Gasteiger partial charge < -0.3 is 14.6 Å². The minimum Gasteiger partial charge on any atom is -0.508 e. The van der Waals surface area contributed by atoms with Gasteiger partial charge in [0.05, 0.1) is 18.3 Å². The van der Waals surface area contributed by atoms with E-state index in [2.05, 4.69) is 0 Å². The lowest BCUT2D eigenvalue weighted by Crippen LogP contribution is -2.18. The summed E-state index contributed by atoms with van der Waals surface area (Å²) < 4.78 is 11.4. The molecule has 3 aromatic rings. The molecule has 0 amide bonds. The van der Waals surface area contributed by atoms with Gasteiger partial charge >= 0.3 is 5.97 Å². The van der Waals surface area contributed by atoms with Gasteiger partial charge in [-0.1, -0.05) is 72.8 Å². The molecule has 1 N–H and O–H groups in total. The van der Waals surface area contributed by atoms with Gasteiger partial charge in [0.1, 0.15) is 5.75 Å². The van der Waals surface area contributed by atoms with Crippen molar-refractivity contribution in [3.63, 3.8) is 0 Å². The molecule has 2 aliphatic rings. The highest BCUT2D eigenvalue weighted by Gasteiger charge is 2.43. The molecule has 0 fully saturated rings. The maximum atomic E-state index is 13.6. The van der Waals surface area contributed by atoms with Crippen LogP contribution in [-0.4, -0.2) is 24.0 Å². The summed E-state index contributed by atoms with van der Waals surface area (Å²) in [5.74, 6) is -0.470. The number of Topliss-reactive ketones (excluding diaryl/α,β-unsaturated/α-hetero) is 1. The maximum Gasteiger partial charge on any atom is 0.344 e. The predicted octanol–water partition coefficient (Wildman–Crippen LogP) is 4.75. The van der Waals surface area contributed by atoms with Gasteiger partial charge in [0, 0.05) is 11.1 Å². The molecule has 156 valence electrons. The van der Waals surface area contributed by atoms with Gasteiger partial charge in [-0.3, -0.25) is 4.79 Å². The molecule has 32 heavy (non-hydrogen) atoms. The van der Waals surface area contributed by atoms with Crippen molar-refractivity contribution in [1.82, 2.24) is 0 Å². The van der Waals surface area contributed by atoms with Crippen LogP contribution in [0.5, 0.6) is 5.75 Å². The van der Waals surface area contributed by atoms with Crippen molar-refractivity contribution < 1.29 is 24.2 Å². The van der Waals surface area contributed by atoms with E-state index < -0.39 is 5.97 Å². The van der Waals surface area contributed by atoms with Crippen LogP contribution in [0.25, 0.3) is 16.7 Å². The summed E-state index contributed by atoms with van der Waals surface area (Å²) in [6.07, 6.45) is 0. The first-order chi connectivity index (χ1) is 15.6. The van der Waals surface area contributed by atoms with E-state index in [1.165, 1.54) is 19.2 Å². The van der Waals surface area contributed by atoms with Crippen molar-refractivity contribution in [2.45, 2.75) is 0 Å². The van der Waals surface area contributed by atoms with Crippen LogP contribution in [0.3, 0.4) is 0 Å². The third-order valence-corrected chi connectivity index (χ3v) is 5.50. The highest BCUT2D eigenvalue weighted by Crippen LogP contribution is 2.49. The number of aromatic hydroxyl groups is 1. The first-order valence-electron chi connectivity index (χ1n) is 10.0. The number of methoxy groups -OCH3 is 1. The lowest BCUT2D eigenvalue weighted by atomic mass is 9.81. The molecular formula is C27H18O5. The molecule has 0 aromatic heterocycles. The number of rotatable bonds is 4. The highest BCUT2D eigenvalue weighted by molar-refractivity contribution is 6.38. The fraction of sp³-hybridized carbons (Fsp3) is 0.0370. The number of carbonyl (C=O) groups excluding carboxylic acids is 2. The molecule has 0 atom stereocenters. The molecule has 0 saturated carbocycles. The molecule has 1 heterocycles. The summed E-state index contributed by atoms with van der Waals surface area (Å²) in [4.78, 5) is 26.7. The Morgan fingerprint density at radius 3 is 1.75 bits per heavy atom.